The summed E-state index contributed by atoms with van der Waals surface area (Å²) in [4.78, 5) is 13.1. The molecule has 0 aromatic carbocycles. The Kier molecular flexibility index (Phi) is 2.61. The van der Waals surface area contributed by atoms with Crippen LogP contribution < -0.4 is 5.73 Å². The van der Waals surface area contributed by atoms with Crippen molar-refractivity contribution in [2.24, 2.45) is 17.6 Å². The fraction of sp³-hybridized carbons (Fsp3) is 0.714. The quantitative estimate of drug-likeness (QED) is 0.720. The van der Waals surface area contributed by atoms with Crippen molar-refractivity contribution in [2.45, 2.75) is 13.8 Å². The van der Waals surface area contributed by atoms with Crippen LogP contribution in [0.1, 0.15) is 13.8 Å². The van der Waals surface area contributed by atoms with Crippen LogP contribution in [0.5, 0.6) is 0 Å². The molecule has 0 spiro atoms. The van der Waals surface area contributed by atoms with Gasteiger partial charge in [0, 0.05) is 0 Å². The van der Waals surface area contributed by atoms with Crippen molar-refractivity contribution in [3.63, 3.8) is 0 Å². The first kappa shape index (κ1) is 9.08. The SMILES string of the molecule is CC1C(=O)N(CN)[C](=[W])C1C. The van der Waals surface area contributed by atoms with Gasteiger partial charge in [-0.1, -0.05) is 0 Å². The van der Waals surface area contributed by atoms with Crippen LogP contribution in [-0.4, -0.2) is 21.5 Å². The molecule has 11 heavy (non-hydrogen) atoms. The molecule has 0 aromatic heterocycles. The minimum atomic E-state index is 0.131. The first-order valence-corrected chi connectivity index (χ1v) is 5.11. The van der Waals surface area contributed by atoms with Crippen LogP contribution in [0.3, 0.4) is 0 Å². The van der Waals surface area contributed by atoms with Gasteiger partial charge in [0.15, 0.2) is 0 Å². The number of rotatable bonds is 1. The maximum absolute atomic E-state index is 11.4. The summed E-state index contributed by atoms with van der Waals surface area (Å²) in [6.45, 7) is 4.39. The third-order valence-electron chi connectivity index (χ3n) is 2.24. The molecule has 1 heterocycles. The average Bonchev–Trinajstić information content (AvgIpc) is 2.17. The Balaban J connectivity index is 2.86. The van der Waals surface area contributed by atoms with E-state index >= 15 is 0 Å². The van der Waals surface area contributed by atoms with Crippen molar-refractivity contribution in [1.82, 2.24) is 4.90 Å². The van der Waals surface area contributed by atoms with Gasteiger partial charge >= 0.3 is 77.1 Å². The van der Waals surface area contributed by atoms with Gasteiger partial charge in [-0.25, -0.2) is 0 Å². The fourth-order valence-corrected chi connectivity index (χ4v) is 2.53. The van der Waals surface area contributed by atoms with Gasteiger partial charge in [0.1, 0.15) is 0 Å². The van der Waals surface area contributed by atoms with Crippen LogP contribution in [0, 0.1) is 11.8 Å². The van der Waals surface area contributed by atoms with E-state index in [-0.39, 0.29) is 11.8 Å². The van der Waals surface area contributed by atoms with E-state index in [1.165, 1.54) is 23.4 Å². The zero-order valence-electron chi connectivity index (χ0n) is 6.70. The zero-order chi connectivity index (χ0) is 8.59. The summed E-state index contributed by atoms with van der Waals surface area (Å²) < 4.78 is 1.19. The Bertz CT molecular complexity index is 185. The second kappa shape index (κ2) is 3.16. The molecule has 1 aliphatic heterocycles. The van der Waals surface area contributed by atoms with Gasteiger partial charge in [-0.05, 0) is 0 Å². The molecular formula is C7H12N2OW. The predicted octanol–water partition coefficient (Wildman–Crippen LogP) is -0.306. The van der Waals surface area contributed by atoms with Gasteiger partial charge in [-0.2, -0.15) is 0 Å². The Hall–Kier alpha value is -0.0117. The van der Waals surface area contributed by atoms with Crippen LogP contribution in [0.4, 0.5) is 0 Å². The Morgan fingerprint density at radius 3 is 2.27 bits per heavy atom. The van der Waals surface area contributed by atoms with Crippen LogP contribution >= 0.6 is 0 Å². The van der Waals surface area contributed by atoms with Gasteiger partial charge in [0.25, 0.3) is 0 Å². The van der Waals surface area contributed by atoms with E-state index in [1.54, 1.807) is 4.90 Å². The molecule has 0 radical (unpaired) electrons. The zero-order valence-corrected chi connectivity index (χ0v) is 9.64. The maximum atomic E-state index is 11.4. The van der Waals surface area contributed by atoms with E-state index in [2.05, 4.69) is 6.92 Å². The molecule has 1 rings (SSSR count). The molecule has 1 aliphatic rings. The summed E-state index contributed by atoms with van der Waals surface area (Å²) in [7, 11) is 0. The van der Waals surface area contributed by atoms with Crippen molar-refractivity contribution in [1.29, 1.82) is 0 Å². The van der Waals surface area contributed by atoms with Crippen molar-refractivity contribution in [3.8, 4) is 0 Å². The minimum absolute atomic E-state index is 0.131. The van der Waals surface area contributed by atoms with Crippen LogP contribution in [-0.2, 0) is 24.1 Å². The molecule has 0 aliphatic carbocycles. The molecule has 0 saturated carbocycles. The predicted molar refractivity (Wildman–Crippen MR) is 39.2 cm³/mol. The third kappa shape index (κ3) is 1.32. The molecule has 1 amide bonds. The Labute approximate surface area is 77.3 Å². The van der Waals surface area contributed by atoms with Crippen LogP contribution in [0.25, 0.3) is 0 Å². The number of nitrogens with zero attached hydrogens (tertiary/aromatic N) is 1. The van der Waals surface area contributed by atoms with Gasteiger partial charge < -0.3 is 0 Å². The second-order valence-electron chi connectivity index (χ2n) is 2.86. The summed E-state index contributed by atoms with van der Waals surface area (Å²) in [6.07, 6.45) is 0. The molecule has 2 atom stereocenters. The van der Waals surface area contributed by atoms with Crippen molar-refractivity contribution >= 4 is 9.93 Å². The van der Waals surface area contributed by atoms with E-state index in [9.17, 15) is 4.79 Å². The molecule has 62 valence electrons. The van der Waals surface area contributed by atoms with Gasteiger partial charge in [0.2, 0.25) is 0 Å². The van der Waals surface area contributed by atoms with E-state index in [4.69, 9.17) is 5.73 Å². The van der Waals surface area contributed by atoms with Crippen LogP contribution in [0.15, 0.2) is 0 Å². The molecule has 0 aromatic rings. The Morgan fingerprint density at radius 1 is 1.55 bits per heavy atom. The van der Waals surface area contributed by atoms with Crippen molar-refractivity contribution < 1.29 is 24.1 Å². The number of nitrogens with two attached hydrogens (primary N) is 1. The first-order valence-electron chi connectivity index (χ1n) is 3.65. The topological polar surface area (TPSA) is 46.3 Å². The molecule has 2 unspecified atom stereocenters. The molecule has 4 heteroatoms. The normalized spacial score (nSPS) is 31.7. The number of hydrogen-bond acceptors (Lipinski definition) is 2. The van der Waals surface area contributed by atoms with Crippen LogP contribution in [0.2, 0.25) is 0 Å². The number of carbonyl (C=O) groups excluding carboxylic acids is 1. The standard InChI is InChI=1S/C7H12N2O.W/c1-5-3-9(4-8)7(10)6(5)2;/h5-6H,4,8H2,1-2H3;. The molecule has 1 fully saturated rings. The molecule has 0 bridgehead atoms. The number of amides is 1. The summed E-state index contributed by atoms with van der Waals surface area (Å²) in [5.74, 6) is 0.706. The second-order valence-corrected chi connectivity index (χ2v) is 4.37. The van der Waals surface area contributed by atoms with Gasteiger partial charge in [0.05, 0.1) is 0 Å². The molecule has 1 saturated heterocycles. The average molecular weight is 324 g/mol. The third-order valence-corrected chi connectivity index (χ3v) is 4.37. The molecule has 3 nitrogen and oxygen atoms in total. The van der Waals surface area contributed by atoms with E-state index < -0.39 is 0 Å². The first-order chi connectivity index (χ1) is 5.09. The van der Waals surface area contributed by atoms with E-state index in [1.807, 2.05) is 6.92 Å². The molecular weight excluding hydrogens is 312 g/mol. The fourth-order valence-electron chi connectivity index (χ4n) is 1.21. The van der Waals surface area contributed by atoms with Gasteiger partial charge in [-0.15, -0.1) is 0 Å². The number of likely N-dealkylation sites (tertiary alicyclic amines) is 1. The monoisotopic (exact) mass is 324 g/mol. The summed E-state index contributed by atoms with van der Waals surface area (Å²) in [6, 6.07) is 0. The summed E-state index contributed by atoms with van der Waals surface area (Å²) in [5.41, 5.74) is 5.44. The van der Waals surface area contributed by atoms with Crippen molar-refractivity contribution in [2.75, 3.05) is 6.67 Å². The number of hydrogen-bond donors (Lipinski definition) is 1. The van der Waals surface area contributed by atoms with Gasteiger partial charge in [-0.3, -0.25) is 0 Å². The summed E-state index contributed by atoms with van der Waals surface area (Å²) >= 11 is 1.36. The molecule has 2 N–H and O–H groups in total. The number of carbonyl (C=O) groups is 1. The Morgan fingerprint density at radius 2 is 2.09 bits per heavy atom. The summed E-state index contributed by atoms with van der Waals surface area (Å²) in [5, 5.41) is 0. The van der Waals surface area contributed by atoms with Crippen molar-refractivity contribution in [3.05, 3.63) is 0 Å². The van der Waals surface area contributed by atoms with E-state index in [0.717, 1.165) is 0 Å². The van der Waals surface area contributed by atoms with E-state index in [0.29, 0.717) is 12.6 Å².